The van der Waals surface area contributed by atoms with Crippen LogP contribution in [0, 0.1) is 13.8 Å². The lowest BCUT2D eigenvalue weighted by Crippen LogP contribution is -2.25. The number of hydrogen-bond donors (Lipinski definition) is 2. The van der Waals surface area contributed by atoms with Crippen molar-refractivity contribution in [2.45, 2.75) is 20.4 Å². The average molecular weight is 210 g/mol. The number of aryl methyl sites for hydroxylation is 1. The van der Waals surface area contributed by atoms with Gasteiger partial charge in [0, 0.05) is 25.7 Å². The van der Waals surface area contributed by atoms with E-state index in [4.69, 9.17) is 10.8 Å². The Morgan fingerprint density at radius 1 is 1.33 bits per heavy atom. The van der Waals surface area contributed by atoms with Gasteiger partial charge in [0.15, 0.2) is 5.82 Å². The van der Waals surface area contributed by atoms with E-state index >= 15 is 0 Å². The van der Waals surface area contributed by atoms with Gasteiger partial charge in [0.25, 0.3) is 0 Å². The van der Waals surface area contributed by atoms with Crippen LogP contribution < -0.4 is 10.6 Å². The maximum absolute atomic E-state index is 8.86. The van der Waals surface area contributed by atoms with Crippen LogP contribution in [0.15, 0.2) is 0 Å². The fraction of sp³-hybridized carbons (Fsp3) is 0.600. The summed E-state index contributed by atoms with van der Waals surface area (Å²) in [5, 5.41) is 17.0. The van der Waals surface area contributed by atoms with E-state index in [0.29, 0.717) is 13.1 Å². The Morgan fingerprint density at radius 3 is 2.53 bits per heavy atom. The minimum absolute atomic E-state index is 0.0924. The van der Waals surface area contributed by atoms with E-state index < -0.39 is 0 Å². The third-order valence-electron chi connectivity index (χ3n) is 2.56. The van der Waals surface area contributed by atoms with Gasteiger partial charge >= 0.3 is 0 Å². The molecule has 0 atom stereocenters. The minimum atomic E-state index is 0.0924. The SMILES string of the molecule is Cc1nnc(N(C)CCO)c(CN)c1C. The fourth-order valence-corrected chi connectivity index (χ4v) is 1.45. The predicted molar refractivity (Wildman–Crippen MR) is 59.8 cm³/mol. The number of anilines is 1. The van der Waals surface area contributed by atoms with Crippen LogP contribution in [-0.2, 0) is 6.54 Å². The van der Waals surface area contributed by atoms with E-state index in [1.165, 1.54) is 0 Å². The molecule has 0 spiro atoms. The molecule has 0 aromatic carbocycles. The Kier molecular flexibility index (Phi) is 3.99. The summed E-state index contributed by atoms with van der Waals surface area (Å²) in [5.41, 5.74) is 8.67. The first-order chi connectivity index (χ1) is 7.11. The Bertz CT molecular complexity index is 340. The fourth-order valence-electron chi connectivity index (χ4n) is 1.45. The molecule has 1 aromatic heterocycles. The molecule has 5 nitrogen and oxygen atoms in total. The predicted octanol–water partition coefficient (Wildman–Crippen LogP) is -0.0194. The molecule has 5 heteroatoms. The molecule has 0 bridgehead atoms. The van der Waals surface area contributed by atoms with Crippen LogP contribution in [-0.4, -0.2) is 35.5 Å². The maximum atomic E-state index is 8.86. The van der Waals surface area contributed by atoms with Crippen molar-refractivity contribution < 1.29 is 5.11 Å². The lowest BCUT2D eigenvalue weighted by Gasteiger charge is -2.20. The second kappa shape index (κ2) is 5.04. The van der Waals surface area contributed by atoms with Crippen molar-refractivity contribution in [3.8, 4) is 0 Å². The highest BCUT2D eigenvalue weighted by Crippen LogP contribution is 2.20. The van der Waals surface area contributed by atoms with E-state index in [1.807, 2.05) is 25.8 Å². The highest BCUT2D eigenvalue weighted by Gasteiger charge is 2.12. The Labute approximate surface area is 89.9 Å². The standard InChI is InChI=1S/C10H18N4O/c1-7-8(2)12-13-10(9(7)6-11)14(3)4-5-15/h15H,4-6,11H2,1-3H3. The van der Waals surface area contributed by atoms with E-state index in [9.17, 15) is 0 Å². The zero-order valence-corrected chi connectivity index (χ0v) is 9.49. The van der Waals surface area contributed by atoms with E-state index in [1.54, 1.807) is 0 Å². The normalized spacial score (nSPS) is 10.5. The number of hydrogen-bond acceptors (Lipinski definition) is 5. The molecule has 0 aliphatic carbocycles. The largest absolute Gasteiger partial charge is 0.395 e. The Balaban J connectivity index is 3.12. The first-order valence-corrected chi connectivity index (χ1v) is 4.96. The minimum Gasteiger partial charge on any atom is -0.395 e. The molecular weight excluding hydrogens is 192 g/mol. The molecule has 1 rings (SSSR count). The summed E-state index contributed by atoms with van der Waals surface area (Å²) >= 11 is 0. The van der Waals surface area contributed by atoms with Crippen LogP contribution in [0.2, 0.25) is 0 Å². The molecule has 0 aliphatic rings. The smallest absolute Gasteiger partial charge is 0.155 e. The molecule has 3 N–H and O–H groups in total. The molecule has 0 saturated carbocycles. The van der Waals surface area contributed by atoms with E-state index in [-0.39, 0.29) is 6.61 Å². The van der Waals surface area contributed by atoms with Gasteiger partial charge in [-0.05, 0) is 19.4 Å². The van der Waals surface area contributed by atoms with Crippen molar-refractivity contribution in [3.63, 3.8) is 0 Å². The number of aliphatic hydroxyl groups excluding tert-OH is 1. The molecular formula is C10H18N4O. The van der Waals surface area contributed by atoms with Gasteiger partial charge in [-0.3, -0.25) is 0 Å². The molecule has 1 aromatic rings. The van der Waals surface area contributed by atoms with Crippen molar-refractivity contribution in [1.29, 1.82) is 0 Å². The first-order valence-electron chi connectivity index (χ1n) is 4.96. The summed E-state index contributed by atoms with van der Waals surface area (Å²) in [6, 6.07) is 0. The van der Waals surface area contributed by atoms with Gasteiger partial charge in [-0.15, -0.1) is 5.10 Å². The van der Waals surface area contributed by atoms with Crippen molar-refractivity contribution in [3.05, 3.63) is 16.8 Å². The van der Waals surface area contributed by atoms with Crippen molar-refractivity contribution >= 4 is 5.82 Å². The zero-order chi connectivity index (χ0) is 11.4. The van der Waals surface area contributed by atoms with E-state index in [2.05, 4.69) is 10.2 Å². The topological polar surface area (TPSA) is 75.3 Å². The molecule has 0 amide bonds. The molecule has 15 heavy (non-hydrogen) atoms. The van der Waals surface area contributed by atoms with Gasteiger partial charge in [-0.2, -0.15) is 5.10 Å². The van der Waals surface area contributed by atoms with E-state index in [0.717, 1.165) is 22.6 Å². The summed E-state index contributed by atoms with van der Waals surface area (Å²) in [5.74, 6) is 0.759. The summed E-state index contributed by atoms with van der Waals surface area (Å²) in [7, 11) is 1.87. The highest BCUT2D eigenvalue weighted by molar-refractivity contribution is 5.50. The van der Waals surface area contributed by atoms with Gasteiger partial charge in [0.05, 0.1) is 12.3 Å². The molecule has 0 unspecified atom stereocenters. The second-order valence-corrected chi connectivity index (χ2v) is 3.56. The second-order valence-electron chi connectivity index (χ2n) is 3.56. The van der Waals surface area contributed by atoms with Gasteiger partial charge in [-0.1, -0.05) is 0 Å². The number of rotatable bonds is 4. The van der Waals surface area contributed by atoms with Crippen LogP contribution >= 0.6 is 0 Å². The van der Waals surface area contributed by atoms with Crippen molar-refractivity contribution in [2.75, 3.05) is 25.1 Å². The molecule has 0 saturated heterocycles. The average Bonchev–Trinajstić information content (AvgIpc) is 2.22. The molecule has 1 heterocycles. The molecule has 0 aliphatic heterocycles. The van der Waals surface area contributed by atoms with Gasteiger partial charge in [0.1, 0.15) is 0 Å². The quantitative estimate of drug-likeness (QED) is 0.730. The molecule has 0 fully saturated rings. The third kappa shape index (κ3) is 2.43. The van der Waals surface area contributed by atoms with Gasteiger partial charge in [0.2, 0.25) is 0 Å². The molecule has 0 radical (unpaired) electrons. The van der Waals surface area contributed by atoms with Gasteiger partial charge in [-0.25, -0.2) is 0 Å². The highest BCUT2D eigenvalue weighted by atomic mass is 16.3. The number of likely N-dealkylation sites (N-methyl/N-ethyl adjacent to an activating group) is 1. The zero-order valence-electron chi connectivity index (χ0n) is 9.49. The lowest BCUT2D eigenvalue weighted by atomic mass is 10.1. The number of nitrogens with zero attached hydrogens (tertiary/aromatic N) is 3. The number of nitrogens with two attached hydrogens (primary N) is 1. The van der Waals surface area contributed by atoms with Crippen LogP contribution in [0.25, 0.3) is 0 Å². The number of aromatic nitrogens is 2. The Hall–Kier alpha value is -1.20. The van der Waals surface area contributed by atoms with Crippen molar-refractivity contribution in [2.24, 2.45) is 5.73 Å². The maximum Gasteiger partial charge on any atom is 0.155 e. The van der Waals surface area contributed by atoms with Crippen LogP contribution in [0.3, 0.4) is 0 Å². The summed E-state index contributed by atoms with van der Waals surface area (Å²) in [6.07, 6.45) is 0. The Morgan fingerprint density at radius 2 is 2.00 bits per heavy atom. The van der Waals surface area contributed by atoms with Gasteiger partial charge < -0.3 is 15.7 Å². The van der Waals surface area contributed by atoms with Crippen LogP contribution in [0.4, 0.5) is 5.82 Å². The van der Waals surface area contributed by atoms with Crippen LogP contribution in [0.1, 0.15) is 16.8 Å². The lowest BCUT2D eigenvalue weighted by molar-refractivity contribution is 0.303. The molecule has 84 valence electrons. The number of aliphatic hydroxyl groups is 1. The first kappa shape index (κ1) is 11.9. The third-order valence-corrected chi connectivity index (χ3v) is 2.56. The van der Waals surface area contributed by atoms with Crippen molar-refractivity contribution in [1.82, 2.24) is 10.2 Å². The summed E-state index contributed by atoms with van der Waals surface area (Å²) in [6.45, 7) is 4.96. The summed E-state index contributed by atoms with van der Waals surface area (Å²) in [4.78, 5) is 1.86. The monoisotopic (exact) mass is 210 g/mol. The summed E-state index contributed by atoms with van der Waals surface area (Å²) < 4.78 is 0. The van der Waals surface area contributed by atoms with Crippen LogP contribution in [0.5, 0.6) is 0 Å².